The zero-order valence-corrected chi connectivity index (χ0v) is 9.59. The minimum atomic E-state index is -0.431. The van der Waals surface area contributed by atoms with Crippen molar-refractivity contribution in [2.75, 3.05) is 0 Å². The summed E-state index contributed by atoms with van der Waals surface area (Å²) in [7, 11) is 0. The second kappa shape index (κ2) is 5.98. The van der Waals surface area contributed by atoms with E-state index >= 15 is 0 Å². The molecule has 4 nitrogen and oxygen atoms in total. The first-order valence-corrected chi connectivity index (χ1v) is 5.15. The third kappa shape index (κ3) is 4.58. The van der Waals surface area contributed by atoms with E-state index in [2.05, 4.69) is 5.43 Å². The smallest absolute Gasteiger partial charge is 0.263 e. The first kappa shape index (κ1) is 13.4. The quantitative estimate of drug-likeness (QED) is 0.388. The van der Waals surface area contributed by atoms with Crippen LogP contribution in [-0.4, -0.2) is 17.6 Å². The van der Waals surface area contributed by atoms with Gasteiger partial charge in [0, 0.05) is 0 Å². The van der Waals surface area contributed by atoms with Crippen LogP contribution in [0.1, 0.15) is 47.0 Å². The molecule has 0 heterocycles. The summed E-state index contributed by atoms with van der Waals surface area (Å²) in [5.74, 6) is 4.84. The Balaban J connectivity index is 4.29. The molecule has 1 amide bonds. The maximum absolute atomic E-state index is 11.3. The average molecular weight is 202 g/mol. The van der Waals surface area contributed by atoms with E-state index in [1.54, 1.807) is 0 Å². The molecule has 4 heteroatoms. The fraction of sp³-hybridized carbons (Fsp3) is 0.900. The SMILES string of the molecule is CCCC(OC(C)(C)CC)C(=O)NN. The second-order valence-electron chi connectivity index (χ2n) is 4.02. The molecule has 0 spiro atoms. The van der Waals surface area contributed by atoms with Crippen LogP contribution in [0, 0.1) is 0 Å². The molecule has 0 radical (unpaired) electrons. The number of nitrogens with two attached hydrogens (primary N) is 1. The molecular formula is C10H22N2O2. The number of ether oxygens (including phenoxy) is 1. The van der Waals surface area contributed by atoms with E-state index in [-0.39, 0.29) is 11.5 Å². The molecule has 0 aromatic carbocycles. The van der Waals surface area contributed by atoms with Crippen molar-refractivity contribution in [3.8, 4) is 0 Å². The highest BCUT2D eigenvalue weighted by atomic mass is 16.5. The molecule has 0 fully saturated rings. The standard InChI is InChI=1S/C10H22N2O2/c1-5-7-8(9(13)12-11)14-10(3,4)6-2/h8H,5-7,11H2,1-4H3,(H,12,13). The number of hydrogen-bond acceptors (Lipinski definition) is 3. The summed E-state index contributed by atoms with van der Waals surface area (Å²) in [4.78, 5) is 11.3. The van der Waals surface area contributed by atoms with Crippen LogP contribution in [0.2, 0.25) is 0 Å². The van der Waals surface area contributed by atoms with Gasteiger partial charge in [-0.25, -0.2) is 5.84 Å². The van der Waals surface area contributed by atoms with Gasteiger partial charge in [-0.05, 0) is 26.7 Å². The molecule has 0 saturated heterocycles. The number of hydrazine groups is 1. The summed E-state index contributed by atoms with van der Waals surface area (Å²) in [6.45, 7) is 7.99. The van der Waals surface area contributed by atoms with Gasteiger partial charge in [0.05, 0.1) is 5.60 Å². The minimum absolute atomic E-state index is 0.242. The van der Waals surface area contributed by atoms with Crippen molar-refractivity contribution >= 4 is 5.91 Å². The average Bonchev–Trinajstić information content (AvgIpc) is 2.16. The van der Waals surface area contributed by atoms with Crippen molar-refractivity contribution in [1.29, 1.82) is 0 Å². The van der Waals surface area contributed by atoms with E-state index in [0.29, 0.717) is 6.42 Å². The van der Waals surface area contributed by atoms with Crippen molar-refractivity contribution in [2.45, 2.75) is 58.7 Å². The molecular weight excluding hydrogens is 180 g/mol. The Hall–Kier alpha value is -0.610. The van der Waals surface area contributed by atoms with Gasteiger partial charge in [-0.1, -0.05) is 20.3 Å². The Labute approximate surface area is 86.2 Å². The number of hydrogen-bond donors (Lipinski definition) is 2. The molecule has 0 aromatic rings. The molecule has 0 rings (SSSR count). The van der Waals surface area contributed by atoms with Crippen molar-refractivity contribution < 1.29 is 9.53 Å². The van der Waals surface area contributed by atoms with Crippen LogP contribution < -0.4 is 11.3 Å². The Morgan fingerprint density at radius 2 is 2.07 bits per heavy atom. The van der Waals surface area contributed by atoms with Crippen molar-refractivity contribution in [1.82, 2.24) is 5.43 Å². The third-order valence-corrected chi connectivity index (χ3v) is 2.30. The first-order valence-electron chi connectivity index (χ1n) is 5.15. The summed E-state index contributed by atoms with van der Waals surface area (Å²) in [6.07, 6.45) is 2.04. The highest BCUT2D eigenvalue weighted by Gasteiger charge is 2.25. The van der Waals surface area contributed by atoms with Gasteiger partial charge >= 0.3 is 0 Å². The van der Waals surface area contributed by atoms with Crippen molar-refractivity contribution in [3.05, 3.63) is 0 Å². The van der Waals surface area contributed by atoms with E-state index in [1.165, 1.54) is 0 Å². The summed E-state index contributed by atoms with van der Waals surface area (Å²) < 4.78 is 5.69. The lowest BCUT2D eigenvalue weighted by Crippen LogP contribution is -2.44. The molecule has 14 heavy (non-hydrogen) atoms. The van der Waals surface area contributed by atoms with Crippen LogP contribution in [-0.2, 0) is 9.53 Å². The molecule has 0 aromatic heterocycles. The number of rotatable bonds is 6. The zero-order valence-electron chi connectivity index (χ0n) is 9.59. The largest absolute Gasteiger partial charge is 0.362 e. The lowest BCUT2D eigenvalue weighted by molar-refractivity contribution is -0.145. The summed E-state index contributed by atoms with van der Waals surface area (Å²) in [5.41, 5.74) is 1.86. The van der Waals surface area contributed by atoms with Crippen LogP contribution in [0.4, 0.5) is 0 Å². The first-order chi connectivity index (χ1) is 6.46. The van der Waals surface area contributed by atoms with Gasteiger partial charge in [0.1, 0.15) is 6.10 Å². The van der Waals surface area contributed by atoms with Crippen LogP contribution in [0.3, 0.4) is 0 Å². The van der Waals surface area contributed by atoms with E-state index in [0.717, 1.165) is 12.8 Å². The summed E-state index contributed by atoms with van der Waals surface area (Å²) in [5, 5.41) is 0. The van der Waals surface area contributed by atoms with E-state index in [4.69, 9.17) is 10.6 Å². The molecule has 84 valence electrons. The molecule has 0 bridgehead atoms. The molecule has 3 N–H and O–H groups in total. The maximum atomic E-state index is 11.3. The summed E-state index contributed by atoms with van der Waals surface area (Å²) in [6, 6.07) is 0. The fourth-order valence-electron chi connectivity index (χ4n) is 1.07. The number of nitrogens with one attached hydrogen (secondary N) is 1. The molecule has 0 saturated carbocycles. The molecule has 0 aliphatic heterocycles. The Morgan fingerprint density at radius 3 is 2.43 bits per heavy atom. The van der Waals surface area contributed by atoms with Crippen LogP contribution >= 0.6 is 0 Å². The maximum Gasteiger partial charge on any atom is 0.263 e. The van der Waals surface area contributed by atoms with E-state index in [1.807, 2.05) is 27.7 Å². The van der Waals surface area contributed by atoms with Crippen LogP contribution in [0.5, 0.6) is 0 Å². The second-order valence-corrected chi connectivity index (χ2v) is 4.02. The van der Waals surface area contributed by atoms with Gasteiger partial charge in [0.15, 0.2) is 0 Å². The monoisotopic (exact) mass is 202 g/mol. The highest BCUT2D eigenvalue weighted by molar-refractivity contribution is 5.80. The van der Waals surface area contributed by atoms with Gasteiger partial charge < -0.3 is 4.74 Å². The molecule has 0 aliphatic rings. The Morgan fingerprint density at radius 1 is 1.50 bits per heavy atom. The Kier molecular flexibility index (Phi) is 5.72. The van der Waals surface area contributed by atoms with Crippen LogP contribution in [0.15, 0.2) is 0 Å². The zero-order chi connectivity index (χ0) is 11.2. The normalized spacial score (nSPS) is 13.8. The Bertz CT molecular complexity index is 181. The van der Waals surface area contributed by atoms with Gasteiger partial charge in [-0.15, -0.1) is 0 Å². The molecule has 1 unspecified atom stereocenters. The highest BCUT2D eigenvalue weighted by Crippen LogP contribution is 2.18. The summed E-state index contributed by atoms with van der Waals surface area (Å²) >= 11 is 0. The van der Waals surface area contributed by atoms with Gasteiger partial charge in [0.25, 0.3) is 5.91 Å². The van der Waals surface area contributed by atoms with E-state index in [9.17, 15) is 4.79 Å². The van der Waals surface area contributed by atoms with E-state index < -0.39 is 6.10 Å². The van der Waals surface area contributed by atoms with Gasteiger partial charge in [-0.2, -0.15) is 0 Å². The molecule has 0 aliphatic carbocycles. The van der Waals surface area contributed by atoms with Gasteiger partial charge in [0.2, 0.25) is 0 Å². The predicted molar refractivity (Wildman–Crippen MR) is 56.5 cm³/mol. The van der Waals surface area contributed by atoms with Gasteiger partial charge in [-0.3, -0.25) is 10.2 Å². The van der Waals surface area contributed by atoms with Crippen molar-refractivity contribution in [3.63, 3.8) is 0 Å². The minimum Gasteiger partial charge on any atom is -0.362 e. The predicted octanol–water partition coefficient (Wildman–Crippen LogP) is 1.35. The number of carbonyl (C=O) groups excluding carboxylic acids is 1. The third-order valence-electron chi connectivity index (χ3n) is 2.30. The van der Waals surface area contributed by atoms with Crippen molar-refractivity contribution in [2.24, 2.45) is 5.84 Å². The fourth-order valence-corrected chi connectivity index (χ4v) is 1.07. The lowest BCUT2D eigenvalue weighted by Gasteiger charge is -2.28. The molecule has 1 atom stereocenters. The van der Waals surface area contributed by atoms with Crippen LogP contribution in [0.25, 0.3) is 0 Å². The number of carbonyl (C=O) groups is 1. The lowest BCUT2D eigenvalue weighted by atomic mass is 10.1. The number of amides is 1. The topological polar surface area (TPSA) is 64.3 Å².